The molecule has 1 amide bonds. The first-order valence-electron chi connectivity index (χ1n) is 6.34. The smallest absolute Gasteiger partial charge is 0.307 e. The summed E-state index contributed by atoms with van der Waals surface area (Å²) in [5, 5.41) is 11.4. The number of nitrogens with one attached hydrogen (secondary N) is 2. The summed E-state index contributed by atoms with van der Waals surface area (Å²) in [5.74, 6) is -2.58. The molecular formula is C13H16N2O5S. The van der Waals surface area contributed by atoms with Gasteiger partial charge in [-0.3, -0.25) is 9.59 Å². The average molecular weight is 312 g/mol. The molecule has 8 heteroatoms. The van der Waals surface area contributed by atoms with Crippen LogP contribution < -0.4 is 10.0 Å². The lowest BCUT2D eigenvalue weighted by Gasteiger charge is -2.10. The highest BCUT2D eigenvalue weighted by atomic mass is 32.2. The minimum absolute atomic E-state index is 0.0384. The fraction of sp³-hybridized carbons (Fsp3) is 0.385. The van der Waals surface area contributed by atoms with Crippen molar-refractivity contribution in [3.8, 4) is 0 Å². The van der Waals surface area contributed by atoms with Crippen LogP contribution in [0.25, 0.3) is 0 Å². The van der Waals surface area contributed by atoms with Gasteiger partial charge in [0.15, 0.2) is 0 Å². The van der Waals surface area contributed by atoms with Crippen molar-refractivity contribution in [3.05, 3.63) is 23.8 Å². The third kappa shape index (κ3) is 3.22. The fourth-order valence-corrected chi connectivity index (χ4v) is 2.76. The Labute approximate surface area is 122 Å². The van der Waals surface area contributed by atoms with Crippen molar-refractivity contribution in [2.24, 2.45) is 11.8 Å². The molecule has 0 unspecified atom stereocenters. The molecule has 0 radical (unpaired) electrons. The molecule has 1 aliphatic rings. The highest BCUT2D eigenvalue weighted by Crippen LogP contribution is 2.39. The van der Waals surface area contributed by atoms with Gasteiger partial charge in [0.2, 0.25) is 15.9 Å². The number of carbonyl (C=O) groups is 2. The van der Waals surface area contributed by atoms with Crippen molar-refractivity contribution in [1.29, 1.82) is 0 Å². The van der Waals surface area contributed by atoms with E-state index in [1.165, 1.54) is 19.2 Å². The number of carboxylic acids is 1. The highest BCUT2D eigenvalue weighted by Gasteiger charge is 2.48. The Morgan fingerprint density at radius 3 is 2.48 bits per heavy atom. The van der Waals surface area contributed by atoms with Gasteiger partial charge in [-0.15, -0.1) is 0 Å². The van der Waals surface area contributed by atoms with Gasteiger partial charge in [-0.05, 0) is 38.1 Å². The standard InChI is InChI=1S/C13H16N2O5S/c1-7-3-4-8(21(19,20)14-2)5-11(7)15-12(16)9-6-10(9)13(17)18/h3-5,9-10,14H,6H2,1-2H3,(H,15,16)(H,17,18)/t9-,10-/m1/s1. The minimum atomic E-state index is -3.60. The van der Waals surface area contributed by atoms with Crippen LogP contribution in [0.5, 0.6) is 0 Å². The van der Waals surface area contributed by atoms with Gasteiger partial charge in [0.25, 0.3) is 0 Å². The lowest BCUT2D eigenvalue weighted by Crippen LogP contribution is -2.20. The number of aliphatic carboxylic acids is 1. The lowest BCUT2D eigenvalue weighted by atomic mass is 10.2. The largest absolute Gasteiger partial charge is 0.481 e. The van der Waals surface area contributed by atoms with Crippen LogP contribution in [0.15, 0.2) is 23.1 Å². The zero-order valence-electron chi connectivity index (χ0n) is 11.6. The van der Waals surface area contributed by atoms with Crippen LogP contribution >= 0.6 is 0 Å². The second kappa shape index (κ2) is 5.45. The summed E-state index contributed by atoms with van der Waals surface area (Å²) in [6, 6.07) is 4.38. The molecule has 21 heavy (non-hydrogen) atoms. The van der Waals surface area contributed by atoms with E-state index in [1.807, 2.05) is 0 Å². The van der Waals surface area contributed by atoms with E-state index in [4.69, 9.17) is 5.11 Å². The first-order valence-corrected chi connectivity index (χ1v) is 7.82. The third-order valence-electron chi connectivity index (χ3n) is 3.49. The summed E-state index contributed by atoms with van der Waals surface area (Å²) in [6.45, 7) is 1.73. The van der Waals surface area contributed by atoms with E-state index in [2.05, 4.69) is 10.0 Å². The summed E-state index contributed by atoms with van der Waals surface area (Å²) >= 11 is 0. The molecule has 2 atom stereocenters. The van der Waals surface area contributed by atoms with E-state index in [0.717, 1.165) is 0 Å². The van der Waals surface area contributed by atoms with Crippen molar-refractivity contribution >= 4 is 27.6 Å². The Balaban J connectivity index is 2.19. The normalized spacial score (nSPS) is 20.9. The van der Waals surface area contributed by atoms with E-state index in [1.54, 1.807) is 13.0 Å². The molecule has 7 nitrogen and oxygen atoms in total. The zero-order chi connectivity index (χ0) is 15.8. The van der Waals surface area contributed by atoms with Crippen molar-refractivity contribution in [2.75, 3.05) is 12.4 Å². The fourth-order valence-electron chi connectivity index (χ4n) is 2.00. The van der Waals surface area contributed by atoms with Gasteiger partial charge in [-0.2, -0.15) is 0 Å². The minimum Gasteiger partial charge on any atom is -0.481 e. The van der Waals surface area contributed by atoms with Crippen LogP contribution in [0.2, 0.25) is 0 Å². The highest BCUT2D eigenvalue weighted by molar-refractivity contribution is 7.89. The topological polar surface area (TPSA) is 113 Å². The van der Waals surface area contributed by atoms with E-state index in [-0.39, 0.29) is 4.90 Å². The van der Waals surface area contributed by atoms with Crippen LogP contribution in [-0.2, 0) is 19.6 Å². The predicted molar refractivity (Wildman–Crippen MR) is 75.3 cm³/mol. The molecule has 2 rings (SSSR count). The number of anilines is 1. The summed E-state index contributed by atoms with van der Waals surface area (Å²) in [5.41, 5.74) is 1.07. The zero-order valence-corrected chi connectivity index (χ0v) is 12.4. The second-order valence-electron chi connectivity index (χ2n) is 4.96. The van der Waals surface area contributed by atoms with Crippen LogP contribution in [0, 0.1) is 18.8 Å². The molecule has 1 aliphatic carbocycles. The summed E-state index contributed by atoms with van der Waals surface area (Å²) in [4.78, 5) is 22.7. The van der Waals surface area contributed by atoms with Gasteiger partial charge in [0, 0.05) is 5.69 Å². The maximum Gasteiger partial charge on any atom is 0.307 e. The van der Waals surface area contributed by atoms with Crippen LogP contribution in [0.3, 0.4) is 0 Å². The molecule has 3 N–H and O–H groups in total. The molecule has 1 aromatic rings. The maximum atomic E-state index is 11.9. The number of aryl methyl sites for hydroxylation is 1. The number of rotatable bonds is 5. The van der Waals surface area contributed by atoms with Crippen molar-refractivity contribution < 1.29 is 23.1 Å². The Morgan fingerprint density at radius 1 is 1.29 bits per heavy atom. The average Bonchev–Trinajstić information content (AvgIpc) is 3.21. The summed E-state index contributed by atoms with van der Waals surface area (Å²) < 4.78 is 25.7. The van der Waals surface area contributed by atoms with E-state index in [0.29, 0.717) is 17.7 Å². The van der Waals surface area contributed by atoms with Crippen molar-refractivity contribution in [2.45, 2.75) is 18.2 Å². The molecule has 0 bridgehead atoms. The van der Waals surface area contributed by atoms with E-state index < -0.39 is 33.7 Å². The Kier molecular flexibility index (Phi) is 4.02. The van der Waals surface area contributed by atoms with Gasteiger partial charge in [-0.25, -0.2) is 13.1 Å². The monoisotopic (exact) mass is 312 g/mol. The Hall–Kier alpha value is -1.93. The van der Waals surface area contributed by atoms with Gasteiger partial charge < -0.3 is 10.4 Å². The number of hydrogen-bond donors (Lipinski definition) is 3. The molecule has 0 spiro atoms. The van der Waals surface area contributed by atoms with Gasteiger partial charge >= 0.3 is 5.97 Å². The third-order valence-corrected chi connectivity index (χ3v) is 4.90. The first kappa shape index (κ1) is 15.5. The molecular weight excluding hydrogens is 296 g/mol. The van der Waals surface area contributed by atoms with Crippen LogP contribution in [-0.4, -0.2) is 32.4 Å². The van der Waals surface area contributed by atoms with Crippen LogP contribution in [0.4, 0.5) is 5.69 Å². The SMILES string of the molecule is CNS(=O)(=O)c1ccc(C)c(NC(=O)[C@@H]2C[C@H]2C(=O)O)c1. The second-order valence-corrected chi connectivity index (χ2v) is 6.85. The number of carboxylic acid groups (broad SMARTS) is 1. The maximum absolute atomic E-state index is 11.9. The number of sulfonamides is 1. The lowest BCUT2D eigenvalue weighted by molar-refractivity contribution is -0.139. The summed E-state index contributed by atoms with van der Waals surface area (Å²) in [6.07, 6.45) is 0.314. The number of amides is 1. The predicted octanol–water partition coefficient (Wildman–Crippen LogP) is 0.562. The Morgan fingerprint density at radius 2 is 1.95 bits per heavy atom. The molecule has 0 aromatic heterocycles. The molecule has 0 saturated heterocycles. The molecule has 1 fully saturated rings. The quantitative estimate of drug-likeness (QED) is 0.735. The number of carbonyl (C=O) groups excluding carboxylic acids is 1. The van der Waals surface area contributed by atoms with E-state index >= 15 is 0 Å². The van der Waals surface area contributed by atoms with Gasteiger partial charge in [0.1, 0.15) is 0 Å². The molecule has 114 valence electrons. The summed E-state index contributed by atoms with van der Waals surface area (Å²) in [7, 11) is -2.30. The van der Waals surface area contributed by atoms with Crippen molar-refractivity contribution in [1.82, 2.24) is 4.72 Å². The van der Waals surface area contributed by atoms with E-state index in [9.17, 15) is 18.0 Å². The van der Waals surface area contributed by atoms with Gasteiger partial charge in [0.05, 0.1) is 16.7 Å². The van der Waals surface area contributed by atoms with Crippen LogP contribution in [0.1, 0.15) is 12.0 Å². The molecule has 0 aliphatic heterocycles. The number of benzene rings is 1. The first-order chi connectivity index (χ1) is 9.76. The van der Waals surface area contributed by atoms with Crippen molar-refractivity contribution in [3.63, 3.8) is 0 Å². The molecule has 0 heterocycles. The molecule has 1 aromatic carbocycles. The number of hydrogen-bond acceptors (Lipinski definition) is 4. The Bertz CT molecular complexity index is 699. The van der Waals surface area contributed by atoms with Gasteiger partial charge in [-0.1, -0.05) is 6.07 Å². The molecule has 1 saturated carbocycles.